The van der Waals surface area contributed by atoms with E-state index in [0.29, 0.717) is 28.8 Å². The first kappa shape index (κ1) is 16.7. The van der Waals surface area contributed by atoms with Gasteiger partial charge in [-0.05, 0) is 47.9 Å². The fourth-order valence-electron chi connectivity index (χ4n) is 2.29. The van der Waals surface area contributed by atoms with E-state index in [1.54, 1.807) is 18.2 Å². The van der Waals surface area contributed by atoms with Crippen LogP contribution in [0, 0.1) is 0 Å². The van der Waals surface area contributed by atoms with E-state index >= 15 is 0 Å². The number of hydrogen-bond donors (Lipinski definition) is 1. The van der Waals surface area contributed by atoms with Gasteiger partial charge in [0.2, 0.25) is 12.7 Å². The van der Waals surface area contributed by atoms with Gasteiger partial charge in [-0.1, -0.05) is 35.3 Å². The van der Waals surface area contributed by atoms with E-state index in [-0.39, 0.29) is 12.7 Å². The van der Waals surface area contributed by atoms with E-state index in [1.807, 2.05) is 24.3 Å². The summed E-state index contributed by atoms with van der Waals surface area (Å²) >= 11 is 12.0. The van der Waals surface area contributed by atoms with Crippen molar-refractivity contribution in [1.29, 1.82) is 0 Å². The molecule has 0 radical (unpaired) electrons. The van der Waals surface area contributed by atoms with Crippen molar-refractivity contribution >= 4 is 35.2 Å². The van der Waals surface area contributed by atoms with Crippen molar-refractivity contribution in [2.24, 2.45) is 0 Å². The lowest BCUT2D eigenvalue weighted by Crippen LogP contribution is -2.23. The van der Waals surface area contributed by atoms with E-state index in [0.717, 1.165) is 16.9 Å². The highest BCUT2D eigenvalue weighted by atomic mass is 35.5. The van der Waals surface area contributed by atoms with Crippen LogP contribution in [0.1, 0.15) is 11.1 Å². The van der Waals surface area contributed by atoms with E-state index in [2.05, 4.69) is 5.32 Å². The normalized spacial score (nSPS) is 12.6. The number of carbonyl (C=O) groups excluding carboxylic acids is 1. The van der Waals surface area contributed by atoms with E-state index < -0.39 is 0 Å². The minimum absolute atomic E-state index is 0.169. The second kappa shape index (κ2) is 7.60. The number of fused-ring (bicyclic) bond motifs is 1. The lowest BCUT2D eigenvalue weighted by atomic mass is 10.1. The van der Waals surface area contributed by atoms with Crippen LogP contribution in [0.5, 0.6) is 11.5 Å². The first-order chi connectivity index (χ1) is 11.6. The maximum atomic E-state index is 11.9. The van der Waals surface area contributed by atoms with Gasteiger partial charge < -0.3 is 14.8 Å². The van der Waals surface area contributed by atoms with Crippen molar-refractivity contribution in [2.75, 3.05) is 13.3 Å². The maximum Gasteiger partial charge on any atom is 0.244 e. The van der Waals surface area contributed by atoms with Crippen molar-refractivity contribution in [1.82, 2.24) is 5.32 Å². The Kier molecular flexibility index (Phi) is 5.28. The molecule has 1 N–H and O–H groups in total. The minimum Gasteiger partial charge on any atom is -0.454 e. The Bertz CT molecular complexity index is 790. The van der Waals surface area contributed by atoms with Gasteiger partial charge in [0.25, 0.3) is 0 Å². The molecule has 24 heavy (non-hydrogen) atoms. The van der Waals surface area contributed by atoms with Crippen molar-refractivity contribution in [3.05, 3.63) is 63.6 Å². The largest absolute Gasteiger partial charge is 0.454 e. The summed E-state index contributed by atoms with van der Waals surface area (Å²) in [7, 11) is 0. The van der Waals surface area contributed by atoms with Crippen molar-refractivity contribution in [3.8, 4) is 11.5 Å². The average molecular weight is 364 g/mol. The molecule has 0 aromatic heterocycles. The molecule has 0 spiro atoms. The third kappa shape index (κ3) is 4.22. The fourth-order valence-corrected chi connectivity index (χ4v) is 2.80. The second-order valence-corrected chi connectivity index (χ2v) is 6.07. The number of carbonyl (C=O) groups is 1. The third-order valence-electron chi connectivity index (χ3n) is 3.53. The summed E-state index contributed by atoms with van der Waals surface area (Å²) in [6, 6.07) is 10.9. The highest BCUT2D eigenvalue weighted by Crippen LogP contribution is 2.32. The number of hydrogen-bond acceptors (Lipinski definition) is 3. The average Bonchev–Trinajstić information content (AvgIpc) is 3.02. The molecule has 4 nitrogen and oxygen atoms in total. The Morgan fingerprint density at radius 2 is 1.96 bits per heavy atom. The zero-order valence-electron chi connectivity index (χ0n) is 12.7. The van der Waals surface area contributed by atoms with Crippen LogP contribution in [0.15, 0.2) is 42.5 Å². The second-order valence-electron chi connectivity index (χ2n) is 5.22. The summed E-state index contributed by atoms with van der Waals surface area (Å²) in [5.41, 5.74) is 1.82. The molecule has 0 fully saturated rings. The number of ether oxygens (including phenoxy) is 2. The highest BCUT2D eigenvalue weighted by molar-refractivity contribution is 6.35. The summed E-state index contributed by atoms with van der Waals surface area (Å²) in [5, 5.41) is 4.02. The lowest BCUT2D eigenvalue weighted by molar-refractivity contribution is -0.116. The SMILES string of the molecule is O=C(/C=C/c1ccc2c(c1)OCO2)NCCc1ccc(Cl)cc1Cl. The quantitative estimate of drug-likeness (QED) is 0.813. The molecule has 1 heterocycles. The van der Waals surface area contributed by atoms with Crippen LogP contribution in [0.3, 0.4) is 0 Å². The van der Waals surface area contributed by atoms with E-state index in [1.165, 1.54) is 6.08 Å². The zero-order valence-corrected chi connectivity index (χ0v) is 14.2. The predicted octanol–water partition coefficient (Wildman–Crippen LogP) is 4.09. The summed E-state index contributed by atoms with van der Waals surface area (Å²) in [6.07, 6.45) is 3.85. The summed E-state index contributed by atoms with van der Waals surface area (Å²) < 4.78 is 10.5. The van der Waals surface area contributed by atoms with Crippen LogP contribution < -0.4 is 14.8 Å². The Hall–Kier alpha value is -2.17. The molecule has 1 amide bonds. The standard InChI is InChI=1S/C18H15Cl2NO3/c19-14-4-3-13(15(20)10-14)7-8-21-18(22)6-2-12-1-5-16-17(9-12)24-11-23-16/h1-6,9-10H,7-8,11H2,(H,21,22)/b6-2+. The predicted molar refractivity (Wildman–Crippen MR) is 94.8 cm³/mol. The number of amides is 1. The van der Waals surface area contributed by atoms with Gasteiger partial charge in [-0.15, -0.1) is 0 Å². The number of benzene rings is 2. The molecule has 0 aliphatic carbocycles. The highest BCUT2D eigenvalue weighted by Gasteiger charge is 2.12. The summed E-state index contributed by atoms with van der Waals surface area (Å²) in [5.74, 6) is 1.24. The molecular weight excluding hydrogens is 349 g/mol. The van der Waals surface area contributed by atoms with Crippen LogP contribution in [0.2, 0.25) is 10.0 Å². The molecule has 2 aromatic rings. The smallest absolute Gasteiger partial charge is 0.244 e. The number of halogens is 2. The van der Waals surface area contributed by atoms with Crippen LogP contribution in [-0.2, 0) is 11.2 Å². The molecule has 3 rings (SSSR count). The zero-order chi connectivity index (χ0) is 16.9. The van der Waals surface area contributed by atoms with E-state index in [4.69, 9.17) is 32.7 Å². The van der Waals surface area contributed by atoms with Crippen LogP contribution in [-0.4, -0.2) is 19.2 Å². The van der Waals surface area contributed by atoms with Crippen LogP contribution >= 0.6 is 23.2 Å². The Labute approximate surface area is 150 Å². The Balaban J connectivity index is 1.50. The summed E-state index contributed by atoms with van der Waals surface area (Å²) in [4.78, 5) is 11.9. The minimum atomic E-state index is -0.169. The Morgan fingerprint density at radius 3 is 2.79 bits per heavy atom. The summed E-state index contributed by atoms with van der Waals surface area (Å²) in [6.45, 7) is 0.724. The van der Waals surface area contributed by atoms with Gasteiger partial charge in [0.1, 0.15) is 0 Å². The number of nitrogens with one attached hydrogen (secondary N) is 1. The van der Waals surface area contributed by atoms with Gasteiger partial charge in [0.05, 0.1) is 0 Å². The van der Waals surface area contributed by atoms with Gasteiger partial charge in [-0.2, -0.15) is 0 Å². The molecule has 6 heteroatoms. The molecule has 2 aromatic carbocycles. The first-order valence-electron chi connectivity index (χ1n) is 7.41. The van der Waals surface area contributed by atoms with Gasteiger partial charge in [-0.3, -0.25) is 4.79 Å². The van der Waals surface area contributed by atoms with Crippen LogP contribution in [0.25, 0.3) is 6.08 Å². The van der Waals surface area contributed by atoms with Crippen molar-refractivity contribution < 1.29 is 14.3 Å². The van der Waals surface area contributed by atoms with Crippen LogP contribution in [0.4, 0.5) is 0 Å². The van der Waals surface area contributed by atoms with Gasteiger partial charge in [0.15, 0.2) is 11.5 Å². The topological polar surface area (TPSA) is 47.6 Å². The number of rotatable bonds is 5. The molecule has 0 saturated carbocycles. The van der Waals surface area contributed by atoms with Crippen molar-refractivity contribution in [3.63, 3.8) is 0 Å². The van der Waals surface area contributed by atoms with E-state index in [9.17, 15) is 4.79 Å². The molecule has 0 bridgehead atoms. The molecule has 0 atom stereocenters. The van der Waals surface area contributed by atoms with Gasteiger partial charge in [0, 0.05) is 22.7 Å². The molecule has 1 aliphatic rings. The first-order valence-corrected chi connectivity index (χ1v) is 8.17. The monoisotopic (exact) mass is 363 g/mol. The lowest BCUT2D eigenvalue weighted by Gasteiger charge is -2.05. The third-order valence-corrected chi connectivity index (χ3v) is 4.12. The van der Waals surface area contributed by atoms with Gasteiger partial charge >= 0.3 is 0 Å². The maximum absolute atomic E-state index is 11.9. The molecule has 124 valence electrons. The van der Waals surface area contributed by atoms with Crippen molar-refractivity contribution in [2.45, 2.75) is 6.42 Å². The molecule has 0 unspecified atom stereocenters. The molecular formula is C18H15Cl2NO3. The Morgan fingerprint density at radius 1 is 1.12 bits per heavy atom. The molecule has 0 saturated heterocycles. The molecule has 1 aliphatic heterocycles. The van der Waals surface area contributed by atoms with Gasteiger partial charge in [-0.25, -0.2) is 0 Å². The fraction of sp³-hybridized carbons (Fsp3) is 0.167.